The fourth-order valence-corrected chi connectivity index (χ4v) is 4.41. The number of nitrogens with zero attached hydrogens (tertiary/aromatic N) is 2. The lowest BCUT2D eigenvalue weighted by Crippen LogP contribution is -2.30. The molecule has 1 aliphatic carbocycles. The summed E-state index contributed by atoms with van der Waals surface area (Å²) in [6, 6.07) is 8.65. The van der Waals surface area contributed by atoms with Gasteiger partial charge in [0.05, 0.1) is 35.8 Å². The molecule has 1 aromatic carbocycles. The Morgan fingerprint density at radius 2 is 2.06 bits per heavy atom. The number of rotatable bonds is 9. The van der Waals surface area contributed by atoms with Crippen molar-refractivity contribution in [3.8, 4) is 11.8 Å². The quantitative estimate of drug-likeness (QED) is 0.447. The smallest absolute Gasteiger partial charge is 0.135 e. The van der Waals surface area contributed by atoms with Crippen molar-refractivity contribution in [3.05, 3.63) is 47.2 Å². The minimum Gasteiger partial charge on any atom is -0.381 e. The zero-order chi connectivity index (χ0) is 24.1. The van der Waals surface area contributed by atoms with E-state index >= 15 is 0 Å². The molecule has 2 fully saturated rings. The van der Waals surface area contributed by atoms with Crippen LogP contribution in [-0.4, -0.2) is 36.9 Å². The van der Waals surface area contributed by atoms with Gasteiger partial charge in [-0.05, 0) is 83.6 Å². The number of hydrogen-bond acceptors (Lipinski definition) is 5. The van der Waals surface area contributed by atoms with E-state index in [4.69, 9.17) is 14.5 Å². The third-order valence-corrected chi connectivity index (χ3v) is 6.47. The first-order valence-electron chi connectivity index (χ1n) is 12.7. The Balaban J connectivity index is 1.65. The Kier molecular flexibility index (Phi) is 7.80. The molecule has 0 bridgehead atoms. The Morgan fingerprint density at radius 3 is 2.71 bits per heavy atom. The second-order valence-corrected chi connectivity index (χ2v) is 10.4. The van der Waals surface area contributed by atoms with Gasteiger partial charge in [-0.15, -0.1) is 5.92 Å². The molecule has 182 valence electrons. The van der Waals surface area contributed by atoms with Crippen molar-refractivity contribution in [2.45, 2.75) is 72.0 Å². The van der Waals surface area contributed by atoms with Crippen molar-refractivity contribution >= 4 is 17.2 Å². The summed E-state index contributed by atoms with van der Waals surface area (Å²) in [6.45, 7) is 14.5. The number of ether oxygens (including phenoxy) is 2. The van der Waals surface area contributed by atoms with Gasteiger partial charge in [-0.2, -0.15) is 0 Å². The molecule has 4 rings (SSSR count). The fourth-order valence-electron chi connectivity index (χ4n) is 4.41. The van der Waals surface area contributed by atoms with Crippen LogP contribution in [0.4, 0.5) is 17.2 Å². The van der Waals surface area contributed by atoms with Crippen molar-refractivity contribution in [1.82, 2.24) is 4.98 Å². The van der Waals surface area contributed by atoms with Crippen LogP contribution in [0.2, 0.25) is 0 Å². The Morgan fingerprint density at radius 1 is 1.24 bits per heavy atom. The molecular weight excluding hydrogens is 422 g/mol. The zero-order valence-electron chi connectivity index (χ0n) is 21.4. The summed E-state index contributed by atoms with van der Waals surface area (Å²) < 4.78 is 11.8. The number of benzene rings is 1. The van der Waals surface area contributed by atoms with Crippen LogP contribution in [0.1, 0.15) is 76.5 Å². The van der Waals surface area contributed by atoms with Crippen LogP contribution in [0.5, 0.6) is 0 Å². The molecule has 1 saturated heterocycles. The van der Waals surface area contributed by atoms with Crippen LogP contribution < -0.4 is 10.2 Å². The lowest BCUT2D eigenvalue weighted by molar-refractivity contribution is -0.0148. The van der Waals surface area contributed by atoms with Crippen molar-refractivity contribution in [3.63, 3.8) is 0 Å². The van der Waals surface area contributed by atoms with Gasteiger partial charge in [0.15, 0.2) is 0 Å². The van der Waals surface area contributed by atoms with Gasteiger partial charge in [-0.1, -0.05) is 12.0 Å². The van der Waals surface area contributed by atoms with Gasteiger partial charge in [0.25, 0.3) is 0 Å². The number of anilines is 3. The predicted molar refractivity (Wildman–Crippen MR) is 140 cm³/mol. The monoisotopic (exact) mass is 461 g/mol. The van der Waals surface area contributed by atoms with E-state index in [0.29, 0.717) is 18.4 Å². The average Bonchev–Trinajstić information content (AvgIpc) is 3.53. The maximum atomic E-state index is 6.15. The second-order valence-electron chi connectivity index (χ2n) is 10.4. The van der Waals surface area contributed by atoms with Crippen molar-refractivity contribution < 1.29 is 9.47 Å². The van der Waals surface area contributed by atoms with Crippen LogP contribution in [0, 0.1) is 17.8 Å². The summed E-state index contributed by atoms with van der Waals surface area (Å²) in [7, 11) is 0. The standard InChI is InChI=1S/C29H39N3O2/c1-6-9-25-26(10-8-11-27(25)32(7-2)18-21-14-15-33-19-21)31-28-24(20-34-29(3,4)5)16-23(17-30-28)22-12-13-22/h8,10-11,16-17,21-22H,7,12-15,18-20H2,1-5H3,(H,30,31). The highest BCUT2D eigenvalue weighted by Crippen LogP contribution is 2.41. The van der Waals surface area contributed by atoms with E-state index in [1.54, 1.807) is 0 Å². The first-order valence-corrected chi connectivity index (χ1v) is 12.7. The second kappa shape index (κ2) is 10.8. The van der Waals surface area contributed by atoms with Gasteiger partial charge in [0.2, 0.25) is 0 Å². The molecule has 0 amide bonds. The van der Waals surface area contributed by atoms with Crippen molar-refractivity contribution in [1.29, 1.82) is 0 Å². The van der Waals surface area contributed by atoms with Crippen molar-refractivity contribution in [2.75, 3.05) is 36.5 Å². The highest BCUT2D eigenvalue weighted by molar-refractivity contribution is 5.76. The number of aromatic nitrogens is 1. The summed E-state index contributed by atoms with van der Waals surface area (Å²) in [5.41, 5.74) is 5.36. The molecule has 5 nitrogen and oxygen atoms in total. The third-order valence-electron chi connectivity index (χ3n) is 6.47. The molecule has 1 aliphatic heterocycles. The first-order chi connectivity index (χ1) is 16.4. The molecule has 1 saturated carbocycles. The molecule has 2 aliphatic rings. The van der Waals surface area contributed by atoms with Gasteiger partial charge in [0, 0.05) is 37.4 Å². The average molecular weight is 462 g/mol. The topological polar surface area (TPSA) is 46.6 Å². The van der Waals surface area contributed by atoms with Crippen LogP contribution >= 0.6 is 0 Å². The van der Waals surface area contributed by atoms with E-state index in [2.05, 4.69) is 74.0 Å². The molecule has 2 aromatic rings. The lowest BCUT2D eigenvalue weighted by atomic mass is 10.0. The minimum atomic E-state index is -0.211. The molecular formula is C29H39N3O2. The van der Waals surface area contributed by atoms with Crippen LogP contribution in [-0.2, 0) is 16.1 Å². The minimum absolute atomic E-state index is 0.211. The summed E-state index contributed by atoms with van der Waals surface area (Å²) in [5.74, 6) is 8.57. The number of nitrogens with one attached hydrogen (secondary N) is 1. The van der Waals surface area contributed by atoms with E-state index in [0.717, 1.165) is 61.0 Å². The summed E-state index contributed by atoms with van der Waals surface area (Å²) in [5, 5.41) is 3.62. The third kappa shape index (κ3) is 6.31. The van der Waals surface area contributed by atoms with Crippen LogP contribution in [0.3, 0.4) is 0 Å². The largest absolute Gasteiger partial charge is 0.381 e. The number of pyridine rings is 1. The maximum absolute atomic E-state index is 6.15. The molecule has 34 heavy (non-hydrogen) atoms. The van der Waals surface area contributed by atoms with E-state index in [-0.39, 0.29) is 5.60 Å². The van der Waals surface area contributed by atoms with Crippen molar-refractivity contribution in [2.24, 2.45) is 5.92 Å². The molecule has 1 unspecified atom stereocenters. The first kappa shape index (κ1) is 24.6. The Labute approximate surface area is 205 Å². The summed E-state index contributed by atoms with van der Waals surface area (Å²) >= 11 is 0. The van der Waals surface area contributed by atoms with Crippen LogP contribution in [0.25, 0.3) is 0 Å². The highest BCUT2D eigenvalue weighted by atomic mass is 16.5. The molecule has 1 N–H and O–H groups in total. The van der Waals surface area contributed by atoms with Gasteiger partial charge in [-0.3, -0.25) is 0 Å². The van der Waals surface area contributed by atoms with Gasteiger partial charge in [-0.25, -0.2) is 4.98 Å². The fraction of sp³-hybridized carbons (Fsp3) is 0.552. The lowest BCUT2D eigenvalue weighted by Gasteiger charge is -2.28. The van der Waals surface area contributed by atoms with E-state index in [1.165, 1.54) is 18.4 Å². The normalized spacial score (nSPS) is 17.9. The maximum Gasteiger partial charge on any atom is 0.135 e. The van der Waals surface area contributed by atoms with E-state index in [1.807, 2.05) is 13.1 Å². The SMILES string of the molecule is CC#Cc1c(Nc2ncc(C3CC3)cc2COC(C)(C)C)cccc1N(CC)CC1CCOC1. The zero-order valence-corrected chi connectivity index (χ0v) is 21.4. The van der Waals surface area contributed by atoms with Gasteiger partial charge >= 0.3 is 0 Å². The molecule has 2 heterocycles. The number of hydrogen-bond donors (Lipinski definition) is 1. The molecule has 1 aromatic heterocycles. The summed E-state index contributed by atoms with van der Waals surface area (Å²) in [4.78, 5) is 7.27. The Bertz CT molecular complexity index is 1040. The van der Waals surface area contributed by atoms with E-state index in [9.17, 15) is 0 Å². The van der Waals surface area contributed by atoms with Gasteiger partial charge < -0.3 is 19.7 Å². The summed E-state index contributed by atoms with van der Waals surface area (Å²) in [6.07, 6.45) is 5.65. The molecule has 0 spiro atoms. The predicted octanol–water partition coefficient (Wildman–Crippen LogP) is 6.25. The molecule has 5 heteroatoms. The molecule has 0 radical (unpaired) electrons. The Hall–Kier alpha value is -2.55. The van der Waals surface area contributed by atoms with E-state index < -0.39 is 0 Å². The van der Waals surface area contributed by atoms with Crippen LogP contribution in [0.15, 0.2) is 30.5 Å². The highest BCUT2D eigenvalue weighted by Gasteiger charge is 2.26. The van der Waals surface area contributed by atoms with Gasteiger partial charge in [0.1, 0.15) is 5.82 Å². The molecule has 1 atom stereocenters.